The van der Waals surface area contributed by atoms with Crippen LogP contribution in [-0.4, -0.2) is 39.1 Å². The van der Waals surface area contributed by atoms with Crippen LogP contribution in [0.3, 0.4) is 0 Å². The van der Waals surface area contributed by atoms with E-state index >= 15 is 0 Å². The van der Waals surface area contributed by atoms with Gasteiger partial charge in [-0.3, -0.25) is 13.8 Å². The molecule has 1 rings (SSSR count). The molecule has 1 fully saturated rings. The number of oxime groups is 1. The minimum atomic E-state index is -0.932. The van der Waals surface area contributed by atoms with Crippen molar-refractivity contribution in [3.8, 4) is 0 Å². The van der Waals surface area contributed by atoms with E-state index in [1.54, 1.807) is 6.08 Å². The Morgan fingerprint density at radius 1 is 1.38 bits per heavy atom. The number of nitrogens with zero attached hydrogens (tertiary/aromatic N) is 1. The number of hydrogen-bond acceptors (Lipinski definition) is 5. The number of carbonyl (C=O) groups excluding carboxylic acids is 2. The van der Waals surface area contributed by atoms with Gasteiger partial charge in [0.2, 0.25) is 0 Å². The lowest BCUT2D eigenvalue weighted by Crippen LogP contribution is -2.44. The maximum atomic E-state index is 12.8. The van der Waals surface area contributed by atoms with Gasteiger partial charge in [-0.1, -0.05) is 50.9 Å². The van der Waals surface area contributed by atoms with Crippen LogP contribution in [0.1, 0.15) is 59.8 Å². The summed E-state index contributed by atoms with van der Waals surface area (Å²) in [6.07, 6.45) is 4.12. The zero-order valence-electron chi connectivity index (χ0n) is 16.1. The van der Waals surface area contributed by atoms with E-state index in [0.717, 1.165) is 6.42 Å². The van der Waals surface area contributed by atoms with Crippen molar-refractivity contribution in [3.63, 3.8) is 0 Å². The van der Waals surface area contributed by atoms with Gasteiger partial charge in [0.1, 0.15) is 24.1 Å². The molecule has 2 atom stereocenters. The average Bonchev–Trinajstić information content (AvgIpc) is 2.56. The molecule has 0 aromatic carbocycles. The summed E-state index contributed by atoms with van der Waals surface area (Å²) in [5.41, 5.74) is 1.39. The normalized spacial score (nSPS) is 27.0. The van der Waals surface area contributed by atoms with E-state index in [2.05, 4.69) is 5.16 Å². The van der Waals surface area contributed by atoms with Gasteiger partial charge < -0.3 is 4.84 Å². The second-order valence-corrected chi connectivity index (χ2v) is 9.60. The third-order valence-corrected chi connectivity index (χ3v) is 6.45. The van der Waals surface area contributed by atoms with Crippen molar-refractivity contribution in [2.45, 2.75) is 65.0 Å². The number of Topliss-reactive ketones (excluding diaryl/α,β-unsaturated/α-hetero) is 2. The predicted octanol–water partition coefficient (Wildman–Crippen LogP) is 4.01. The molecule has 0 amide bonds. The fourth-order valence-corrected chi connectivity index (χ4v) is 4.80. The average molecular weight is 404 g/mol. The molecule has 0 aliphatic heterocycles. The summed E-state index contributed by atoms with van der Waals surface area (Å²) in [4.78, 5) is 30.7. The molecule has 148 valence electrons. The molecule has 7 heteroatoms. The molecule has 1 aliphatic rings. The Labute approximate surface area is 164 Å². The van der Waals surface area contributed by atoms with Gasteiger partial charge in [0.25, 0.3) is 0 Å². The molecule has 1 aliphatic carbocycles. The predicted molar refractivity (Wildman–Crippen MR) is 107 cm³/mol. The van der Waals surface area contributed by atoms with Gasteiger partial charge in [-0.25, -0.2) is 0 Å². The maximum Gasteiger partial charge on any atom is 0.149 e. The van der Waals surface area contributed by atoms with E-state index in [1.807, 2.05) is 27.7 Å². The second-order valence-electron chi connectivity index (χ2n) is 7.20. The first-order chi connectivity index (χ1) is 12.3. The summed E-state index contributed by atoms with van der Waals surface area (Å²) in [6, 6.07) is 0. The highest BCUT2D eigenvalue weighted by Gasteiger charge is 2.45. The van der Waals surface area contributed by atoms with E-state index in [4.69, 9.17) is 16.4 Å². The van der Waals surface area contributed by atoms with Gasteiger partial charge in [-0.2, -0.15) is 0 Å². The molecule has 0 aromatic heterocycles. The van der Waals surface area contributed by atoms with Crippen LogP contribution < -0.4 is 0 Å². The van der Waals surface area contributed by atoms with Gasteiger partial charge in [0, 0.05) is 40.2 Å². The molecule has 0 aromatic rings. The third-order valence-electron chi connectivity index (χ3n) is 4.64. The highest BCUT2D eigenvalue weighted by Crippen LogP contribution is 2.40. The standard InChI is InChI=1S/C19H30ClNO4S/c1-5-8-15(21-25-10-7-9-20)18-16(22)12-19(4,13-17(18)23)11-14(3)26(24)6-2/h7,9,14,18H,5-6,8,10-13H2,1-4H3. The first-order valence-corrected chi connectivity index (χ1v) is 11.0. The van der Waals surface area contributed by atoms with Crippen LogP contribution in [0.25, 0.3) is 0 Å². The van der Waals surface area contributed by atoms with E-state index < -0.39 is 22.1 Å². The second kappa shape index (κ2) is 11.0. The number of carbonyl (C=O) groups is 2. The fourth-order valence-electron chi connectivity index (χ4n) is 3.57. The molecular formula is C19H30ClNO4S. The highest BCUT2D eigenvalue weighted by atomic mass is 35.5. The Bertz CT molecular complexity index is 570. The topological polar surface area (TPSA) is 72.8 Å². The van der Waals surface area contributed by atoms with Crippen molar-refractivity contribution in [2.24, 2.45) is 16.5 Å². The summed E-state index contributed by atoms with van der Waals surface area (Å²) < 4.78 is 12.0. The van der Waals surface area contributed by atoms with Crippen LogP contribution in [0, 0.1) is 11.3 Å². The Morgan fingerprint density at radius 2 is 2.00 bits per heavy atom. The Hall–Kier alpha value is -1.01. The summed E-state index contributed by atoms with van der Waals surface area (Å²) in [5, 5.41) is 4.01. The SMILES string of the molecule is CCCC(=NOCC=CCl)C1C(=O)CC(C)(CC(C)S(=O)CC)CC1=O. The molecule has 0 heterocycles. The van der Waals surface area contributed by atoms with E-state index in [0.29, 0.717) is 37.1 Å². The minimum Gasteiger partial charge on any atom is -0.392 e. The van der Waals surface area contributed by atoms with Crippen LogP contribution in [0.2, 0.25) is 0 Å². The Kier molecular flexibility index (Phi) is 9.72. The molecular weight excluding hydrogens is 374 g/mol. The highest BCUT2D eigenvalue weighted by molar-refractivity contribution is 7.85. The van der Waals surface area contributed by atoms with Crippen LogP contribution in [0.15, 0.2) is 16.8 Å². The van der Waals surface area contributed by atoms with Crippen LogP contribution in [-0.2, 0) is 25.2 Å². The van der Waals surface area contributed by atoms with Crippen molar-refractivity contribution in [2.75, 3.05) is 12.4 Å². The molecule has 0 N–H and O–H groups in total. The van der Waals surface area contributed by atoms with E-state index in [1.165, 1.54) is 5.54 Å². The molecule has 5 nitrogen and oxygen atoms in total. The third kappa shape index (κ3) is 6.62. The van der Waals surface area contributed by atoms with Gasteiger partial charge >= 0.3 is 0 Å². The zero-order valence-corrected chi connectivity index (χ0v) is 17.7. The zero-order chi connectivity index (χ0) is 19.7. The van der Waals surface area contributed by atoms with Gasteiger partial charge in [-0.05, 0) is 24.3 Å². The molecule has 1 saturated carbocycles. The smallest absolute Gasteiger partial charge is 0.149 e. The molecule has 0 spiro atoms. The van der Waals surface area contributed by atoms with Crippen molar-refractivity contribution in [1.82, 2.24) is 0 Å². The minimum absolute atomic E-state index is 0.0309. The van der Waals surface area contributed by atoms with Crippen LogP contribution in [0.5, 0.6) is 0 Å². The number of halogens is 1. The monoisotopic (exact) mass is 403 g/mol. The summed E-state index contributed by atoms with van der Waals surface area (Å²) in [7, 11) is -0.932. The quantitative estimate of drug-likeness (QED) is 0.239. The summed E-state index contributed by atoms with van der Waals surface area (Å²) >= 11 is 5.44. The van der Waals surface area contributed by atoms with Crippen molar-refractivity contribution in [3.05, 3.63) is 11.6 Å². The lowest BCUT2D eigenvalue weighted by Gasteiger charge is -2.37. The summed E-state index contributed by atoms with van der Waals surface area (Å²) in [6.45, 7) is 7.92. The van der Waals surface area contributed by atoms with Gasteiger partial charge in [0.05, 0.1) is 5.71 Å². The Morgan fingerprint density at radius 3 is 2.50 bits per heavy atom. The lowest BCUT2D eigenvalue weighted by atomic mass is 9.67. The summed E-state index contributed by atoms with van der Waals surface area (Å²) in [5.74, 6) is -0.442. The van der Waals surface area contributed by atoms with Gasteiger partial charge in [0.15, 0.2) is 0 Å². The van der Waals surface area contributed by atoms with Crippen molar-refractivity contribution >= 4 is 39.7 Å². The lowest BCUT2D eigenvalue weighted by molar-refractivity contribution is -0.137. The van der Waals surface area contributed by atoms with Crippen LogP contribution in [0.4, 0.5) is 0 Å². The van der Waals surface area contributed by atoms with Crippen LogP contribution >= 0.6 is 11.6 Å². The van der Waals surface area contributed by atoms with Crippen molar-refractivity contribution < 1.29 is 18.6 Å². The molecule has 0 radical (unpaired) electrons. The number of ketones is 2. The van der Waals surface area contributed by atoms with E-state index in [9.17, 15) is 13.8 Å². The van der Waals surface area contributed by atoms with E-state index in [-0.39, 0.29) is 23.4 Å². The first kappa shape index (κ1) is 23.0. The van der Waals surface area contributed by atoms with Gasteiger partial charge in [-0.15, -0.1) is 0 Å². The molecule has 2 unspecified atom stereocenters. The number of rotatable bonds is 10. The molecule has 0 saturated heterocycles. The largest absolute Gasteiger partial charge is 0.392 e. The molecule has 26 heavy (non-hydrogen) atoms. The first-order valence-electron chi connectivity index (χ1n) is 9.14. The fraction of sp³-hybridized carbons (Fsp3) is 0.737. The Balaban J connectivity index is 2.90. The number of hydrogen-bond donors (Lipinski definition) is 0. The maximum absolute atomic E-state index is 12.8. The van der Waals surface area contributed by atoms with Crippen molar-refractivity contribution in [1.29, 1.82) is 0 Å². The molecule has 0 bridgehead atoms.